The van der Waals surface area contributed by atoms with Crippen LogP contribution in [-0.4, -0.2) is 42.0 Å². The van der Waals surface area contributed by atoms with E-state index < -0.39 is 0 Å². The van der Waals surface area contributed by atoms with Crippen molar-refractivity contribution >= 4 is 6.01 Å². The molecule has 0 atom stereocenters. The Bertz CT molecular complexity index is 371. The summed E-state index contributed by atoms with van der Waals surface area (Å²) in [6, 6.07) is 0.526. The van der Waals surface area contributed by atoms with Crippen molar-refractivity contribution in [3.63, 3.8) is 0 Å². The fourth-order valence-corrected chi connectivity index (χ4v) is 1.33. The second-order valence-corrected chi connectivity index (χ2v) is 5.92. The Morgan fingerprint density at radius 3 is 2.58 bits per heavy atom. The maximum Gasteiger partial charge on any atom is 0.318 e. The van der Waals surface area contributed by atoms with Crippen LogP contribution in [0.4, 0.5) is 6.01 Å². The molecule has 0 aromatic carbocycles. The summed E-state index contributed by atoms with van der Waals surface area (Å²) < 4.78 is 11.1. The minimum Gasteiger partial charge on any atom is -0.407 e. The van der Waals surface area contributed by atoms with Gasteiger partial charge in [-0.1, -0.05) is 5.10 Å². The average molecular weight is 270 g/mol. The summed E-state index contributed by atoms with van der Waals surface area (Å²) in [7, 11) is 1.91. The van der Waals surface area contributed by atoms with Crippen LogP contribution >= 0.6 is 0 Å². The highest BCUT2D eigenvalue weighted by molar-refractivity contribution is 5.21. The topological polar surface area (TPSA) is 63.4 Å². The lowest BCUT2D eigenvalue weighted by molar-refractivity contribution is 0.0841. The Labute approximate surface area is 115 Å². The third-order valence-electron chi connectivity index (χ3n) is 2.43. The van der Waals surface area contributed by atoms with Crippen LogP contribution in [0.15, 0.2) is 4.42 Å². The van der Waals surface area contributed by atoms with E-state index in [0.29, 0.717) is 25.1 Å². The first-order valence-corrected chi connectivity index (χ1v) is 6.68. The Morgan fingerprint density at radius 1 is 1.32 bits per heavy atom. The molecule has 0 aliphatic rings. The molecule has 0 saturated heterocycles. The highest BCUT2D eigenvalue weighted by atomic mass is 16.5. The van der Waals surface area contributed by atoms with Gasteiger partial charge < -0.3 is 19.4 Å². The molecule has 0 spiro atoms. The van der Waals surface area contributed by atoms with Crippen molar-refractivity contribution in [2.75, 3.05) is 25.1 Å². The van der Waals surface area contributed by atoms with E-state index >= 15 is 0 Å². The summed E-state index contributed by atoms with van der Waals surface area (Å²) >= 11 is 0. The summed E-state index contributed by atoms with van der Waals surface area (Å²) in [5.74, 6) is 0.599. The van der Waals surface area contributed by atoms with Crippen LogP contribution in [0.2, 0.25) is 0 Å². The van der Waals surface area contributed by atoms with Gasteiger partial charge in [-0.3, -0.25) is 0 Å². The zero-order valence-corrected chi connectivity index (χ0v) is 12.9. The van der Waals surface area contributed by atoms with E-state index in [-0.39, 0.29) is 11.6 Å². The second kappa shape index (κ2) is 6.86. The molecule has 0 fully saturated rings. The first-order valence-electron chi connectivity index (χ1n) is 6.68. The lowest BCUT2D eigenvalue weighted by atomic mass is 10.1. The highest BCUT2D eigenvalue weighted by Crippen LogP contribution is 2.11. The van der Waals surface area contributed by atoms with Gasteiger partial charge in [-0.25, -0.2) is 0 Å². The summed E-state index contributed by atoms with van der Waals surface area (Å²) in [4.78, 5) is 1.90. The number of aromatic nitrogens is 2. The van der Waals surface area contributed by atoms with Gasteiger partial charge in [-0.2, -0.15) is 0 Å². The quantitative estimate of drug-likeness (QED) is 0.815. The number of likely N-dealkylation sites (N-methyl/N-ethyl adjacent to an activating group) is 1. The van der Waals surface area contributed by atoms with E-state index in [4.69, 9.17) is 9.15 Å². The third kappa shape index (κ3) is 6.54. The standard InChI is InChI=1S/C13H26N4O2/c1-10(2)18-8-7-17(6)12-16-15-11(19-12)9-14-13(3,4)5/h10,14H,7-9H2,1-6H3. The maximum atomic E-state index is 5.58. The molecular weight excluding hydrogens is 244 g/mol. The van der Waals surface area contributed by atoms with Crippen molar-refractivity contribution in [3.8, 4) is 0 Å². The molecule has 1 N–H and O–H groups in total. The smallest absolute Gasteiger partial charge is 0.318 e. The molecule has 6 heteroatoms. The van der Waals surface area contributed by atoms with E-state index in [9.17, 15) is 0 Å². The molecule has 19 heavy (non-hydrogen) atoms. The first kappa shape index (κ1) is 15.9. The minimum atomic E-state index is 0.0334. The molecule has 0 radical (unpaired) electrons. The fraction of sp³-hybridized carbons (Fsp3) is 0.846. The van der Waals surface area contributed by atoms with Crippen LogP contribution in [0.25, 0.3) is 0 Å². The molecule has 1 rings (SSSR count). The third-order valence-corrected chi connectivity index (χ3v) is 2.43. The molecule has 0 unspecified atom stereocenters. The van der Waals surface area contributed by atoms with E-state index in [1.54, 1.807) is 0 Å². The lowest BCUT2D eigenvalue weighted by Gasteiger charge is -2.18. The van der Waals surface area contributed by atoms with Crippen LogP contribution in [-0.2, 0) is 11.3 Å². The minimum absolute atomic E-state index is 0.0334. The molecule has 0 aliphatic carbocycles. The van der Waals surface area contributed by atoms with Gasteiger partial charge in [-0.15, -0.1) is 5.10 Å². The normalized spacial score (nSPS) is 12.2. The number of nitrogens with zero attached hydrogens (tertiary/aromatic N) is 3. The van der Waals surface area contributed by atoms with Gasteiger partial charge in [0.1, 0.15) is 0 Å². The molecule has 1 aromatic rings. The van der Waals surface area contributed by atoms with Crippen molar-refractivity contribution in [1.82, 2.24) is 15.5 Å². The molecule has 0 aliphatic heterocycles. The Kier molecular flexibility index (Phi) is 5.75. The Hall–Kier alpha value is -1.14. The monoisotopic (exact) mass is 270 g/mol. The summed E-state index contributed by atoms with van der Waals surface area (Å²) in [6.07, 6.45) is 0.239. The number of hydrogen-bond donors (Lipinski definition) is 1. The van der Waals surface area contributed by atoms with Gasteiger partial charge >= 0.3 is 6.01 Å². The van der Waals surface area contributed by atoms with Crippen LogP contribution in [0.5, 0.6) is 0 Å². The number of ether oxygens (including phenoxy) is 1. The number of hydrogen-bond acceptors (Lipinski definition) is 6. The van der Waals surface area contributed by atoms with Crippen molar-refractivity contribution < 1.29 is 9.15 Å². The van der Waals surface area contributed by atoms with Crippen molar-refractivity contribution in [3.05, 3.63) is 5.89 Å². The van der Waals surface area contributed by atoms with Gasteiger partial charge in [0.15, 0.2) is 0 Å². The van der Waals surface area contributed by atoms with Crippen LogP contribution < -0.4 is 10.2 Å². The molecular formula is C13H26N4O2. The predicted octanol–water partition coefficient (Wildman–Crippen LogP) is 1.82. The molecule has 1 aromatic heterocycles. The summed E-state index contributed by atoms with van der Waals surface area (Å²) in [6.45, 7) is 12.3. The lowest BCUT2D eigenvalue weighted by Crippen LogP contribution is -2.35. The molecule has 1 heterocycles. The zero-order chi connectivity index (χ0) is 14.5. The van der Waals surface area contributed by atoms with Gasteiger partial charge in [0.25, 0.3) is 0 Å². The highest BCUT2D eigenvalue weighted by Gasteiger charge is 2.14. The molecule has 0 bridgehead atoms. The Balaban J connectivity index is 2.40. The van der Waals surface area contributed by atoms with Gasteiger partial charge in [-0.05, 0) is 34.6 Å². The number of anilines is 1. The van der Waals surface area contributed by atoms with Crippen molar-refractivity contribution in [1.29, 1.82) is 0 Å². The van der Waals surface area contributed by atoms with E-state index in [1.807, 2.05) is 25.8 Å². The van der Waals surface area contributed by atoms with Crippen LogP contribution in [0, 0.1) is 0 Å². The molecule has 0 amide bonds. The van der Waals surface area contributed by atoms with Crippen molar-refractivity contribution in [2.45, 2.75) is 52.8 Å². The average Bonchev–Trinajstić information content (AvgIpc) is 2.73. The van der Waals surface area contributed by atoms with Crippen LogP contribution in [0.3, 0.4) is 0 Å². The number of rotatable bonds is 7. The first-order chi connectivity index (χ1) is 8.78. The number of nitrogens with one attached hydrogen (secondary N) is 1. The Morgan fingerprint density at radius 2 is 2.00 bits per heavy atom. The van der Waals surface area contributed by atoms with E-state index in [0.717, 1.165) is 6.54 Å². The fourth-order valence-electron chi connectivity index (χ4n) is 1.33. The van der Waals surface area contributed by atoms with Crippen LogP contribution in [0.1, 0.15) is 40.5 Å². The largest absolute Gasteiger partial charge is 0.407 e. The van der Waals surface area contributed by atoms with Gasteiger partial charge in [0, 0.05) is 19.1 Å². The SMILES string of the molecule is CC(C)OCCN(C)c1nnc(CNC(C)(C)C)o1. The molecule has 6 nitrogen and oxygen atoms in total. The van der Waals surface area contributed by atoms with E-state index in [1.165, 1.54) is 0 Å². The summed E-state index contributed by atoms with van der Waals surface area (Å²) in [5, 5.41) is 11.4. The maximum absolute atomic E-state index is 5.58. The molecule has 0 saturated carbocycles. The zero-order valence-electron chi connectivity index (χ0n) is 12.9. The van der Waals surface area contributed by atoms with Gasteiger partial charge in [0.2, 0.25) is 5.89 Å². The second-order valence-electron chi connectivity index (χ2n) is 5.92. The predicted molar refractivity (Wildman–Crippen MR) is 75.2 cm³/mol. The van der Waals surface area contributed by atoms with Gasteiger partial charge in [0.05, 0.1) is 19.3 Å². The molecule has 110 valence electrons. The summed E-state index contributed by atoms with van der Waals surface area (Å²) in [5.41, 5.74) is 0.0334. The van der Waals surface area contributed by atoms with Crippen molar-refractivity contribution in [2.24, 2.45) is 0 Å². The van der Waals surface area contributed by atoms with E-state index in [2.05, 4.69) is 36.3 Å².